The fraction of sp³-hybridized carbons (Fsp3) is 0.400. The highest BCUT2D eigenvalue weighted by Crippen LogP contribution is 2.37. The minimum Gasteiger partial charge on any atom is -0.352 e. The number of halogens is 2. The highest BCUT2D eigenvalue weighted by molar-refractivity contribution is 7.98. The van der Waals surface area contributed by atoms with E-state index in [2.05, 4.69) is 10.6 Å². The summed E-state index contributed by atoms with van der Waals surface area (Å²) in [6, 6.07) is 8.75. The van der Waals surface area contributed by atoms with Crippen molar-refractivity contribution in [1.82, 2.24) is 9.29 Å². The zero-order valence-corrected chi connectivity index (χ0v) is 16.0. The summed E-state index contributed by atoms with van der Waals surface area (Å²) in [6.07, 6.45) is 3.41. The van der Waals surface area contributed by atoms with Crippen LogP contribution in [0.5, 0.6) is 0 Å². The molecule has 2 heterocycles. The van der Waals surface area contributed by atoms with Crippen molar-refractivity contribution in [2.45, 2.75) is 42.9 Å². The number of carbonyl (C=O) groups excluding carboxylic acids is 2. The van der Waals surface area contributed by atoms with Gasteiger partial charge in [0.15, 0.2) is 0 Å². The molecule has 1 aromatic heterocycles. The van der Waals surface area contributed by atoms with Crippen LogP contribution in [0.1, 0.15) is 53.0 Å². The molecule has 28 heavy (non-hydrogen) atoms. The van der Waals surface area contributed by atoms with Crippen molar-refractivity contribution in [2.75, 3.05) is 11.9 Å². The predicted octanol–water partition coefficient (Wildman–Crippen LogP) is 4.55. The van der Waals surface area contributed by atoms with E-state index in [0.29, 0.717) is 42.8 Å². The Hall–Kier alpha value is -2.35. The Balaban J connectivity index is 1.35. The quantitative estimate of drug-likeness (QED) is 0.784. The molecule has 1 fully saturated rings. The molecule has 5 nitrogen and oxygen atoms in total. The first-order valence-corrected chi connectivity index (χ1v) is 10.2. The molecule has 148 valence electrons. The van der Waals surface area contributed by atoms with Crippen LogP contribution in [0.2, 0.25) is 0 Å². The SMILES string of the molecule is O=C(NCCC1CCC(F)(F)CC1)c1ccc2c(c1)NC(=O)c1cccn1S2. The highest BCUT2D eigenvalue weighted by atomic mass is 32.2. The van der Waals surface area contributed by atoms with Crippen molar-refractivity contribution in [1.29, 1.82) is 0 Å². The Morgan fingerprint density at radius 1 is 1.29 bits per heavy atom. The molecule has 1 aliphatic heterocycles. The van der Waals surface area contributed by atoms with Gasteiger partial charge in [-0.25, -0.2) is 8.78 Å². The average Bonchev–Trinajstić information content (AvgIpc) is 3.08. The van der Waals surface area contributed by atoms with Crippen LogP contribution in [0, 0.1) is 5.92 Å². The van der Waals surface area contributed by atoms with Crippen LogP contribution in [0.4, 0.5) is 14.5 Å². The van der Waals surface area contributed by atoms with E-state index >= 15 is 0 Å². The van der Waals surface area contributed by atoms with Gasteiger partial charge in [0.05, 0.1) is 10.6 Å². The maximum absolute atomic E-state index is 13.2. The molecule has 0 bridgehead atoms. The first-order chi connectivity index (χ1) is 13.4. The minimum absolute atomic E-state index is 0.0591. The number of benzene rings is 1. The molecule has 2 amide bonds. The van der Waals surface area contributed by atoms with E-state index in [1.54, 1.807) is 22.2 Å². The molecular weight excluding hydrogens is 384 g/mol. The Bertz CT molecular complexity index is 903. The van der Waals surface area contributed by atoms with Gasteiger partial charge in [-0.15, -0.1) is 0 Å². The summed E-state index contributed by atoms with van der Waals surface area (Å²) in [4.78, 5) is 25.6. The van der Waals surface area contributed by atoms with Gasteiger partial charge in [-0.1, -0.05) is 0 Å². The summed E-state index contributed by atoms with van der Waals surface area (Å²) in [6.45, 7) is 0.457. The van der Waals surface area contributed by atoms with Crippen molar-refractivity contribution in [2.24, 2.45) is 5.92 Å². The normalized spacial score (nSPS) is 18.6. The third-order valence-corrected chi connectivity index (χ3v) is 6.37. The van der Waals surface area contributed by atoms with Crippen LogP contribution >= 0.6 is 11.9 Å². The summed E-state index contributed by atoms with van der Waals surface area (Å²) in [5.41, 5.74) is 1.60. The lowest BCUT2D eigenvalue weighted by Crippen LogP contribution is -2.29. The molecule has 0 atom stereocenters. The molecule has 1 aromatic carbocycles. The number of anilines is 1. The first kappa shape index (κ1) is 19.0. The maximum atomic E-state index is 13.2. The smallest absolute Gasteiger partial charge is 0.273 e. The average molecular weight is 405 g/mol. The Kier molecular flexibility index (Phi) is 5.14. The predicted molar refractivity (Wildman–Crippen MR) is 104 cm³/mol. The summed E-state index contributed by atoms with van der Waals surface area (Å²) in [5, 5.41) is 5.71. The Labute approximate surface area is 166 Å². The lowest BCUT2D eigenvalue weighted by atomic mass is 9.85. The second-order valence-corrected chi connectivity index (χ2v) is 8.34. The van der Waals surface area contributed by atoms with Gasteiger partial charge in [0, 0.05) is 31.1 Å². The maximum Gasteiger partial charge on any atom is 0.273 e. The minimum atomic E-state index is -2.52. The first-order valence-electron chi connectivity index (χ1n) is 9.38. The third-order valence-electron chi connectivity index (χ3n) is 5.31. The van der Waals surface area contributed by atoms with Crippen molar-refractivity contribution in [3.05, 3.63) is 47.8 Å². The number of amides is 2. The second-order valence-electron chi connectivity index (χ2n) is 7.32. The van der Waals surface area contributed by atoms with Crippen LogP contribution in [0.3, 0.4) is 0 Å². The Morgan fingerprint density at radius 3 is 2.86 bits per heavy atom. The van der Waals surface area contributed by atoms with E-state index < -0.39 is 5.92 Å². The van der Waals surface area contributed by atoms with Crippen molar-refractivity contribution >= 4 is 29.4 Å². The Morgan fingerprint density at radius 2 is 2.07 bits per heavy atom. The van der Waals surface area contributed by atoms with Crippen molar-refractivity contribution < 1.29 is 18.4 Å². The van der Waals surface area contributed by atoms with Gasteiger partial charge >= 0.3 is 0 Å². The van der Waals surface area contributed by atoms with Gasteiger partial charge < -0.3 is 10.6 Å². The zero-order chi connectivity index (χ0) is 19.7. The number of alkyl halides is 2. The van der Waals surface area contributed by atoms with E-state index in [-0.39, 0.29) is 30.6 Å². The van der Waals surface area contributed by atoms with Crippen LogP contribution in [-0.4, -0.2) is 28.3 Å². The fourth-order valence-corrected chi connectivity index (χ4v) is 4.57. The molecule has 2 aromatic rings. The fourth-order valence-electron chi connectivity index (χ4n) is 3.64. The number of rotatable bonds is 4. The largest absolute Gasteiger partial charge is 0.352 e. The number of hydrogen-bond donors (Lipinski definition) is 2. The summed E-state index contributed by atoms with van der Waals surface area (Å²) in [5.74, 6) is -2.74. The molecule has 0 radical (unpaired) electrons. The number of fused-ring (bicyclic) bond motifs is 2. The van der Waals surface area contributed by atoms with Gasteiger partial charge in [0.1, 0.15) is 5.69 Å². The number of nitrogens with one attached hydrogen (secondary N) is 2. The number of hydrogen-bond acceptors (Lipinski definition) is 3. The van der Waals surface area contributed by atoms with Crippen molar-refractivity contribution in [3.8, 4) is 0 Å². The molecule has 2 N–H and O–H groups in total. The van der Waals surface area contributed by atoms with Crippen LogP contribution < -0.4 is 10.6 Å². The zero-order valence-electron chi connectivity index (χ0n) is 15.2. The molecule has 0 saturated heterocycles. The van der Waals surface area contributed by atoms with Gasteiger partial charge in [0.25, 0.3) is 11.8 Å². The monoisotopic (exact) mass is 405 g/mol. The van der Waals surface area contributed by atoms with Gasteiger partial charge in [-0.05, 0) is 67.5 Å². The summed E-state index contributed by atoms with van der Waals surface area (Å²) in [7, 11) is 0. The molecule has 1 saturated carbocycles. The molecule has 1 aliphatic carbocycles. The number of aromatic nitrogens is 1. The van der Waals surface area contributed by atoms with E-state index in [4.69, 9.17) is 0 Å². The standard InChI is InChI=1S/C20H21F2N3O2S/c21-20(22)8-5-13(6-9-20)7-10-23-18(26)14-3-4-17-15(12-14)24-19(27)16-2-1-11-25(16)28-17/h1-4,11-13H,5-10H2,(H,23,26)(H,24,27). The van der Waals surface area contributed by atoms with E-state index in [1.165, 1.54) is 11.9 Å². The van der Waals surface area contributed by atoms with Crippen molar-refractivity contribution in [3.63, 3.8) is 0 Å². The second kappa shape index (κ2) is 7.58. The molecule has 2 aliphatic rings. The van der Waals surface area contributed by atoms with Gasteiger partial charge in [0.2, 0.25) is 5.92 Å². The van der Waals surface area contributed by atoms with E-state index in [9.17, 15) is 18.4 Å². The molecule has 0 unspecified atom stereocenters. The molecular formula is C20H21F2N3O2S. The van der Waals surface area contributed by atoms with Gasteiger partial charge in [-0.3, -0.25) is 13.6 Å². The molecule has 8 heteroatoms. The van der Waals surface area contributed by atoms with Gasteiger partial charge in [-0.2, -0.15) is 0 Å². The highest BCUT2D eigenvalue weighted by Gasteiger charge is 2.34. The summed E-state index contributed by atoms with van der Waals surface area (Å²) < 4.78 is 28.2. The van der Waals surface area contributed by atoms with Crippen LogP contribution in [0.25, 0.3) is 0 Å². The number of carbonyl (C=O) groups is 2. The summed E-state index contributed by atoms with van der Waals surface area (Å²) >= 11 is 1.41. The lowest BCUT2D eigenvalue weighted by molar-refractivity contribution is -0.0464. The number of nitrogens with zero attached hydrogens (tertiary/aromatic N) is 1. The van der Waals surface area contributed by atoms with Crippen LogP contribution in [-0.2, 0) is 0 Å². The van der Waals surface area contributed by atoms with E-state index in [0.717, 1.165) is 4.90 Å². The van der Waals surface area contributed by atoms with E-state index in [1.807, 2.05) is 18.3 Å². The topological polar surface area (TPSA) is 63.1 Å². The third kappa shape index (κ3) is 4.06. The molecule has 4 rings (SSSR count). The molecule has 0 spiro atoms. The lowest BCUT2D eigenvalue weighted by Gasteiger charge is -2.28. The van der Waals surface area contributed by atoms with Crippen LogP contribution in [0.15, 0.2) is 41.4 Å².